The Hall–Kier alpha value is -2.92. The van der Waals surface area contributed by atoms with Crippen LogP contribution in [0.5, 0.6) is 0 Å². The predicted octanol–water partition coefficient (Wildman–Crippen LogP) is 3.39. The van der Waals surface area contributed by atoms with Crippen LogP contribution in [0.1, 0.15) is 71.4 Å². The van der Waals surface area contributed by atoms with Crippen molar-refractivity contribution < 1.29 is 38.4 Å². The third kappa shape index (κ3) is 10.6. The van der Waals surface area contributed by atoms with E-state index in [4.69, 9.17) is 9.84 Å². The summed E-state index contributed by atoms with van der Waals surface area (Å²) in [6.07, 6.45) is -0.929. The van der Waals surface area contributed by atoms with Crippen molar-refractivity contribution in [2.45, 2.75) is 71.1 Å². The summed E-state index contributed by atoms with van der Waals surface area (Å²) in [6, 6.07) is 6.60. The number of carbonyl (C=O) groups is 2. The quantitative estimate of drug-likeness (QED) is 0.219. The number of aryl methyl sites for hydroxylation is 1. The summed E-state index contributed by atoms with van der Waals surface area (Å²) in [6.45, 7) is 7.25. The molecule has 0 saturated carbocycles. The number of carbonyl (C=O) groups excluding carboxylic acids is 2. The first-order valence-corrected chi connectivity index (χ1v) is 13.8. The highest BCUT2D eigenvalue weighted by molar-refractivity contribution is 6.00. The number of nitrogens with one attached hydrogen (secondary N) is 1. The van der Waals surface area contributed by atoms with Crippen LogP contribution in [0.4, 0.5) is 8.78 Å². The van der Waals surface area contributed by atoms with Gasteiger partial charge in [-0.1, -0.05) is 13.8 Å². The zero-order valence-electron chi connectivity index (χ0n) is 23.5. The highest BCUT2D eigenvalue weighted by Crippen LogP contribution is 2.17. The number of nitrogens with zero attached hydrogens (tertiary/aromatic N) is 1. The average molecular weight is 565 g/mol. The van der Waals surface area contributed by atoms with Crippen LogP contribution in [0.25, 0.3) is 0 Å². The second kappa shape index (κ2) is 17.0. The smallest absolute Gasteiger partial charge is 0.253 e. The third-order valence-electron chi connectivity index (χ3n) is 6.37. The molecular weight excluding hydrogens is 522 g/mol. The molecule has 1 unspecified atom stereocenters. The lowest BCUT2D eigenvalue weighted by atomic mass is 9.95. The van der Waals surface area contributed by atoms with E-state index < -0.39 is 35.8 Å². The van der Waals surface area contributed by atoms with Gasteiger partial charge < -0.3 is 30.3 Å². The Balaban J connectivity index is 2.28. The maximum absolute atomic E-state index is 13.9. The van der Waals surface area contributed by atoms with Crippen molar-refractivity contribution in [1.82, 2.24) is 10.2 Å². The molecule has 0 heterocycles. The van der Waals surface area contributed by atoms with Gasteiger partial charge in [0.25, 0.3) is 11.8 Å². The molecule has 3 atom stereocenters. The van der Waals surface area contributed by atoms with Crippen LogP contribution < -0.4 is 5.32 Å². The highest BCUT2D eigenvalue weighted by Gasteiger charge is 2.29. The van der Waals surface area contributed by atoms with Crippen molar-refractivity contribution in [3.8, 4) is 0 Å². The first kappa shape index (κ1) is 33.3. The molecule has 10 heteroatoms. The highest BCUT2D eigenvalue weighted by atomic mass is 19.1. The third-order valence-corrected chi connectivity index (χ3v) is 6.37. The summed E-state index contributed by atoms with van der Waals surface area (Å²) in [7, 11) is 0. The van der Waals surface area contributed by atoms with E-state index in [1.807, 2.05) is 13.8 Å². The van der Waals surface area contributed by atoms with Gasteiger partial charge in [-0.3, -0.25) is 9.59 Å². The minimum absolute atomic E-state index is 0.0320. The fraction of sp³-hybridized carbons (Fsp3) is 0.533. The fourth-order valence-corrected chi connectivity index (χ4v) is 4.48. The van der Waals surface area contributed by atoms with Gasteiger partial charge in [0, 0.05) is 50.1 Å². The lowest BCUT2D eigenvalue weighted by Crippen LogP contribution is -2.50. The topological polar surface area (TPSA) is 119 Å². The number of rotatable bonds is 17. The molecule has 2 amide bonds. The standard InChI is InChI=1S/C30H42F2N2O6/c1-4-8-34(9-5-2)30(39)23-14-20(3)13-22(18-23)29(38)33-26(17-21-15-24(31)19-25(32)16-21)28(37)27(36)7-12-40-11-6-10-35/h13-16,18-19,26-28,35-37H,4-12,17H2,1-3H3,(H,33,38)/t26-,27?,28+/m0/s1. The van der Waals surface area contributed by atoms with Gasteiger partial charge in [-0.05, 0) is 80.5 Å². The molecule has 2 rings (SSSR count). The SMILES string of the molecule is CCCN(CCC)C(=O)c1cc(C)cc(C(=O)N[C@@H](Cc2cc(F)cc(F)c2)[C@@H](O)C(O)CCOCCCO)c1. The minimum Gasteiger partial charge on any atom is -0.396 e. The predicted molar refractivity (Wildman–Crippen MR) is 148 cm³/mol. The van der Waals surface area contributed by atoms with E-state index in [1.54, 1.807) is 24.0 Å². The number of hydrogen-bond acceptors (Lipinski definition) is 6. The Bertz CT molecular complexity index is 1070. The maximum atomic E-state index is 13.9. The van der Waals surface area contributed by atoms with Gasteiger partial charge in [-0.2, -0.15) is 0 Å². The number of amides is 2. The normalized spacial score (nSPS) is 13.5. The number of aliphatic hydroxyl groups is 3. The Morgan fingerprint density at radius 2 is 1.57 bits per heavy atom. The molecule has 0 radical (unpaired) electrons. The summed E-state index contributed by atoms with van der Waals surface area (Å²) in [4.78, 5) is 28.3. The molecular formula is C30H42F2N2O6. The van der Waals surface area contributed by atoms with Gasteiger partial charge in [-0.15, -0.1) is 0 Å². The van der Waals surface area contributed by atoms with Crippen molar-refractivity contribution >= 4 is 11.8 Å². The first-order valence-electron chi connectivity index (χ1n) is 13.8. The molecule has 2 aromatic rings. The van der Waals surface area contributed by atoms with Crippen LogP contribution in [0, 0.1) is 18.6 Å². The van der Waals surface area contributed by atoms with E-state index in [1.165, 1.54) is 6.07 Å². The van der Waals surface area contributed by atoms with Crippen LogP contribution in [0.15, 0.2) is 36.4 Å². The molecule has 2 aromatic carbocycles. The molecule has 8 nitrogen and oxygen atoms in total. The molecule has 222 valence electrons. The van der Waals surface area contributed by atoms with Gasteiger partial charge in [-0.25, -0.2) is 8.78 Å². The second-order valence-electron chi connectivity index (χ2n) is 9.98. The number of aliphatic hydroxyl groups excluding tert-OH is 3. The second-order valence-corrected chi connectivity index (χ2v) is 9.98. The molecule has 0 fully saturated rings. The molecule has 0 aliphatic heterocycles. The van der Waals surface area contributed by atoms with E-state index in [-0.39, 0.29) is 49.7 Å². The summed E-state index contributed by atoms with van der Waals surface area (Å²) >= 11 is 0. The summed E-state index contributed by atoms with van der Waals surface area (Å²) in [5.74, 6) is -2.41. The minimum atomic E-state index is -1.49. The molecule has 0 aliphatic rings. The van der Waals surface area contributed by atoms with Gasteiger partial charge >= 0.3 is 0 Å². The molecule has 0 saturated heterocycles. The van der Waals surface area contributed by atoms with E-state index in [0.29, 0.717) is 30.6 Å². The Labute approximate surface area is 235 Å². The first-order chi connectivity index (χ1) is 19.1. The Kier molecular flexibility index (Phi) is 14.2. The Morgan fingerprint density at radius 1 is 0.950 bits per heavy atom. The molecule has 0 aromatic heterocycles. The van der Waals surface area contributed by atoms with E-state index in [9.17, 15) is 28.6 Å². The fourth-order valence-electron chi connectivity index (χ4n) is 4.48. The Morgan fingerprint density at radius 3 is 2.17 bits per heavy atom. The summed E-state index contributed by atoms with van der Waals surface area (Å²) in [5, 5.41) is 33.1. The van der Waals surface area contributed by atoms with Gasteiger partial charge in [0.05, 0.1) is 12.1 Å². The number of halogens is 2. The van der Waals surface area contributed by atoms with Crippen molar-refractivity contribution in [2.75, 3.05) is 32.9 Å². The van der Waals surface area contributed by atoms with Crippen molar-refractivity contribution in [2.24, 2.45) is 0 Å². The lowest BCUT2D eigenvalue weighted by Gasteiger charge is -2.28. The molecule has 0 aliphatic carbocycles. The monoisotopic (exact) mass is 564 g/mol. The molecule has 0 spiro atoms. The summed E-state index contributed by atoms with van der Waals surface area (Å²) in [5.41, 5.74) is 1.41. The van der Waals surface area contributed by atoms with E-state index in [2.05, 4.69) is 5.32 Å². The zero-order chi connectivity index (χ0) is 29.7. The molecule has 40 heavy (non-hydrogen) atoms. The van der Waals surface area contributed by atoms with Gasteiger partial charge in [0.1, 0.15) is 17.7 Å². The number of ether oxygens (including phenoxy) is 1. The lowest BCUT2D eigenvalue weighted by molar-refractivity contribution is -0.0223. The summed E-state index contributed by atoms with van der Waals surface area (Å²) < 4.78 is 33.1. The number of hydrogen-bond donors (Lipinski definition) is 4. The molecule has 0 bridgehead atoms. The van der Waals surface area contributed by atoms with Crippen molar-refractivity contribution in [3.05, 3.63) is 70.3 Å². The van der Waals surface area contributed by atoms with Crippen LogP contribution in [0.2, 0.25) is 0 Å². The van der Waals surface area contributed by atoms with Crippen LogP contribution in [0.3, 0.4) is 0 Å². The maximum Gasteiger partial charge on any atom is 0.253 e. The van der Waals surface area contributed by atoms with Gasteiger partial charge in [0.15, 0.2) is 0 Å². The van der Waals surface area contributed by atoms with Crippen LogP contribution >= 0.6 is 0 Å². The van der Waals surface area contributed by atoms with Crippen molar-refractivity contribution in [1.29, 1.82) is 0 Å². The average Bonchev–Trinajstić information content (AvgIpc) is 2.90. The van der Waals surface area contributed by atoms with E-state index in [0.717, 1.165) is 31.0 Å². The number of benzene rings is 2. The largest absolute Gasteiger partial charge is 0.396 e. The van der Waals surface area contributed by atoms with Gasteiger partial charge in [0.2, 0.25) is 0 Å². The molecule has 4 N–H and O–H groups in total. The van der Waals surface area contributed by atoms with E-state index >= 15 is 0 Å². The van der Waals surface area contributed by atoms with Crippen molar-refractivity contribution in [3.63, 3.8) is 0 Å². The zero-order valence-corrected chi connectivity index (χ0v) is 23.5. The van der Waals surface area contributed by atoms with Crippen LogP contribution in [-0.4, -0.2) is 83.2 Å². The van der Waals surface area contributed by atoms with Crippen LogP contribution in [-0.2, 0) is 11.2 Å².